The van der Waals surface area contributed by atoms with Crippen molar-refractivity contribution in [2.75, 3.05) is 7.05 Å². The maximum absolute atomic E-state index is 9.51. The monoisotopic (exact) mass is 493 g/mol. The molecule has 0 aliphatic carbocycles. The summed E-state index contributed by atoms with van der Waals surface area (Å²) in [6.45, 7) is 4.59. The van der Waals surface area contributed by atoms with Crippen LogP contribution in [-0.2, 0) is 5.41 Å². The smallest absolute Gasteiger partial charge is 0.209 e. The lowest BCUT2D eigenvalue weighted by Crippen LogP contribution is -3.00. The van der Waals surface area contributed by atoms with E-state index >= 15 is 0 Å². The normalized spacial score (nSPS) is 14.2. The number of thiophene rings is 2. The van der Waals surface area contributed by atoms with Crippen LogP contribution in [0.25, 0.3) is 26.3 Å². The molecule has 0 amide bonds. The number of hydrogen-bond acceptors (Lipinski definition) is 3. The van der Waals surface area contributed by atoms with Crippen LogP contribution < -0.4 is 12.4 Å². The van der Waals surface area contributed by atoms with Gasteiger partial charge in [-0.2, -0.15) is 4.58 Å². The quantitative estimate of drug-likeness (QED) is 0.387. The molecule has 0 bridgehead atoms. The first kappa shape index (κ1) is 25.0. The van der Waals surface area contributed by atoms with Crippen LogP contribution in [0.3, 0.4) is 0 Å². The van der Waals surface area contributed by atoms with Crippen LogP contribution in [0.4, 0.5) is 5.69 Å². The maximum Gasteiger partial charge on any atom is 0.209 e. The Morgan fingerprint density at radius 1 is 0.788 bits per heavy atom. The Hall–Kier alpha value is -2.66. The molecule has 1 aliphatic rings. The highest BCUT2D eigenvalue weighted by atomic mass is 35.5. The molecule has 5 rings (SSSR count). The average Bonchev–Trinajstić information content (AvgIpc) is 3.47. The highest BCUT2D eigenvalue weighted by molar-refractivity contribution is 7.24. The number of halogens is 1. The molecule has 0 unspecified atom stereocenters. The van der Waals surface area contributed by atoms with E-state index in [9.17, 15) is 5.11 Å². The summed E-state index contributed by atoms with van der Waals surface area (Å²) in [5.41, 5.74) is 5.11. The first-order chi connectivity index (χ1) is 14.9. The van der Waals surface area contributed by atoms with Crippen LogP contribution in [0.15, 0.2) is 78.9 Å². The van der Waals surface area contributed by atoms with Crippen molar-refractivity contribution in [1.29, 1.82) is 0 Å². The molecule has 2 aromatic heterocycles. The molecule has 0 saturated carbocycles. The van der Waals surface area contributed by atoms with E-state index in [4.69, 9.17) is 0 Å². The topological polar surface area (TPSA) is 23.2 Å². The third-order valence-corrected chi connectivity index (χ3v) is 8.35. The average molecular weight is 494 g/mol. The predicted octanol–water partition coefficient (Wildman–Crippen LogP) is 5.21. The summed E-state index contributed by atoms with van der Waals surface area (Å²) < 4.78 is 2.31. The largest absolute Gasteiger partial charge is 1.00 e. The highest BCUT2D eigenvalue weighted by Gasteiger charge is 2.42. The summed E-state index contributed by atoms with van der Waals surface area (Å²) >= 11 is 3.60. The lowest BCUT2D eigenvalue weighted by molar-refractivity contribution is -0.401. The van der Waals surface area contributed by atoms with Crippen molar-refractivity contribution >= 4 is 40.1 Å². The summed E-state index contributed by atoms with van der Waals surface area (Å²) in [6.07, 6.45) is 4.51. The Morgan fingerprint density at radius 3 is 2.15 bits per heavy atom. The molecule has 1 aliphatic heterocycles. The van der Waals surface area contributed by atoms with Gasteiger partial charge in [0.1, 0.15) is 12.8 Å². The van der Waals surface area contributed by atoms with E-state index in [1.165, 1.54) is 36.5 Å². The molecular formula is C28H28ClNOS2. The summed E-state index contributed by atoms with van der Waals surface area (Å²) in [5, 5.41) is 9.51. The number of para-hydroxylation sites is 1. The first-order valence-corrected chi connectivity index (χ1v) is 11.9. The molecule has 3 heterocycles. The van der Waals surface area contributed by atoms with Crippen LogP contribution in [0.2, 0.25) is 0 Å². The van der Waals surface area contributed by atoms with E-state index < -0.39 is 0 Å². The van der Waals surface area contributed by atoms with E-state index in [1.54, 1.807) is 23.5 Å². The summed E-state index contributed by atoms with van der Waals surface area (Å²) in [6, 6.07) is 24.8. The summed E-state index contributed by atoms with van der Waals surface area (Å²) in [7, 11) is 2.16. The Balaban J connectivity index is 0.00000153. The van der Waals surface area contributed by atoms with Gasteiger partial charge in [0, 0.05) is 37.2 Å². The van der Waals surface area contributed by atoms with Gasteiger partial charge in [-0.05, 0) is 74.0 Å². The summed E-state index contributed by atoms with van der Waals surface area (Å²) in [5.74, 6) is 0.298. The third kappa shape index (κ3) is 4.56. The van der Waals surface area contributed by atoms with E-state index in [1.807, 2.05) is 23.5 Å². The van der Waals surface area contributed by atoms with Gasteiger partial charge < -0.3 is 17.5 Å². The number of benzene rings is 2. The van der Waals surface area contributed by atoms with E-state index in [-0.39, 0.29) is 25.2 Å². The van der Waals surface area contributed by atoms with Crippen molar-refractivity contribution in [3.63, 3.8) is 0 Å². The minimum absolute atomic E-state index is 0. The second kappa shape index (κ2) is 9.68. The fourth-order valence-electron chi connectivity index (χ4n) is 4.29. The number of phenols is 1. The molecule has 0 saturated heterocycles. The highest BCUT2D eigenvalue weighted by Crippen LogP contribution is 2.40. The Bertz CT molecular complexity index is 1330. The second-order valence-corrected chi connectivity index (χ2v) is 10.5. The van der Waals surface area contributed by atoms with Crippen molar-refractivity contribution < 1.29 is 22.1 Å². The second-order valence-electron chi connectivity index (χ2n) is 8.33. The van der Waals surface area contributed by atoms with Crippen LogP contribution in [-0.4, -0.2) is 22.4 Å². The number of hydrogen-bond donors (Lipinski definition) is 1. The molecule has 0 spiro atoms. The number of aromatic hydroxyl groups is 1. The van der Waals surface area contributed by atoms with Gasteiger partial charge in [-0.3, -0.25) is 0 Å². The summed E-state index contributed by atoms with van der Waals surface area (Å²) in [4.78, 5) is 5.01. The Labute approximate surface area is 210 Å². The molecule has 170 valence electrons. The minimum atomic E-state index is -0.00525. The number of allylic oxidation sites excluding steroid dienone is 1. The maximum atomic E-state index is 9.51. The lowest BCUT2D eigenvalue weighted by atomic mass is 9.81. The van der Waals surface area contributed by atoms with Crippen molar-refractivity contribution in [3.05, 3.63) is 89.3 Å². The van der Waals surface area contributed by atoms with E-state index in [0.29, 0.717) is 5.75 Å². The van der Waals surface area contributed by atoms with Crippen LogP contribution in [0.5, 0.6) is 5.75 Å². The predicted molar refractivity (Wildman–Crippen MR) is 141 cm³/mol. The number of nitrogens with zero attached hydrogens (tertiary/aromatic N) is 1. The zero-order valence-corrected chi connectivity index (χ0v) is 20.6. The Morgan fingerprint density at radius 2 is 1.42 bits per heavy atom. The molecule has 5 heteroatoms. The molecular weight excluding hydrogens is 466 g/mol. The van der Waals surface area contributed by atoms with E-state index in [2.05, 4.69) is 86.2 Å². The lowest BCUT2D eigenvalue weighted by Gasteiger charge is -2.15. The van der Waals surface area contributed by atoms with E-state index in [0.717, 1.165) is 5.56 Å². The SMILES string of the molecule is C.C[N+]1=C(/C=C/c2ccc(-c3ccc(-c4ccc(O)cc4)s3)s2)C(C)(C)c2ccccc21.[Cl-]. The van der Waals surface area contributed by atoms with Gasteiger partial charge >= 0.3 is 0 Å². The standard InChI is InChI=1S/C27H23NOS2.CH4.ClH/c1-27(2)21-6-4-5-7-22(21)28(3)26(27)17-13-20-12-14-24(30-20)25-16-15-23(31-25)18-8-10-19(29)11-9-18;;/h4-17H,1-3H3;1H4;1H. The minimum Gasteiger partial charge on any atom is -1.00 e. The molecule has 0 radical (unpaired) electrons. The van der Waals surface area contributed by atoms with Gasteiger partial charge in [0.2, 0.25) is 5.69 Å². The number of phenolic OH excluding ortho intramolecular Hbond substituents is 1. The van der Waals surface area contributed by atoms with Crippen LogP contribution in [0, 0.1) is 0 Å². The molecule has 33 heavy (non-hydrogen) atoms. The molecule has 2 aromatic carbocycles. The first-order valence-electron chi connectivity index (χ1n) is 10.3. The van der Waals surface area contributed by atoms with Crippen molar-refractivity contribution in [2.24, 2.45) is 0 Å². The number of fused-ring (bicyclic) bond motifs is 1. The zero-order valence-electron chi connectivity index (χ0n) is 18.2. The van der Waals surface area contributed by atoms with Crippen molar-refractivity contribution in [1.82, 2.24) is 0 Å². The fraction of sp³-hybridized carbons (Fsp3) is 0.179. The van der Waals surface area contributed by atoms with Gasteiger partial charge in [0.05, 0.1) is 5.41 Å². The third-order valence-electron chi connectivity index (χ3n) is 5.97. The van der Waals surface area contributed by atoms with Gasteiger partial charge in [-0.15, -0.1) is 22.7 Å². The molecule has 0 fully saturated rings. The van der Waals surface area contributed by atoms with Crippen molar-refractivity contribution in [3.8, 4) is 25.9 Å². The van der Waals surface area contributed by atoms with Gasteiger partial charge in [-0.25, -0.2) is 0 Å². The fourth-order valence-corrected chi connectivity index (χ4v) is 6.30. The van der Waals surface area contributed by atoms with Gasteiger partial charge in [0.25, 0.3) is 0 Å². The Kier molecular flexibility index (Phi) is 7.32. The molecule has 4 aromatic rings. The molecule has 0 atom stereocenters. The van der Waals surface area contributed by atoms with Crippen LogP contribution in [0.1, 0.15) is 31.7 Å². The molecule has 2 nitrogen and oxygen atoms in total. The van der Waals surface area contributed by atoms with Gasteiger partial charge in [0.15, 0.2) is 5.71 Å². The van der Waals surface area contributed by atoms with Crippen molar-refractivity contribution in [2.45, 2.75) is 26.7 Å². The number of rotatable bonds is 4. The zero-order chi connectivity index (χ0) is 21.6. The molecule has 1 N–H and O–H groups in total. The van der Waals surface area contributed by atoms with Crippen LogP contribution >= 0.6 is 22.7 Å². The van der Waals surface area contributed by atoms with Gasteiger partial charge in [-0.1, -0.05) is 25.6 Å².